The van der Waals surface area contributed by atoms with Crippen LogP contribution in [0.5, 0.6) is 11.5 Å². The molecule has 0 radical (unpaired) electrons. The number of phenolic OH excluding ortho intramolecular Hbond substituents is 1. The van der Waals surface area contributed by atoms with Crippen molar-refractivity contribution in [2.24, 2.45) is 0 Å². The highest BCUT2D eigenvalue weighted by Gasteiger charge is 2.18. The summed E-state index contributed by atoms with van der Waals surface area (Å²) in [5.74, 6) is 0.651. The van der Waals surface area contributed by atoms with Gasteiger partial charge in [-0.15, -0.1) is 0 Å². The van der Waals surface area contributed by atoms with Gasteiger partial charge in [-0.25, -0.2) is 0 Å². The van der Waals surface area contributed by atoms with Gasteiger partial charge >= 0.3 is 0 Å². The van der Waals surface area contributed by atoms with Crippen LogP contribution in [0.25, 0.3) is 0 Å². The van der Waals surface area contributed by atoms with Crippen LogP contribution < -0.4 is 10.1 Å². The molecule has 1 rings (SSSR count). The van der Waals surface area contributed by atoms with Crippen molar-refractivity contribution in [1.82, 2.24) is 5.32 Å². The molecule has 1 aromatic rings. The summed E-state index contributed by atoms with van der Waals surface area (Å²) < 4.78 is 10.5. The Balaban J connectivity index is 2.70. The molecule has 4 nitrogen and oxygen atoms in total. The summed E-state index contributed by atoms with van der Waals surface area (Å²) in [6, 6.07) is 5.53. The maximum Gasteiger partial charge on any atom is 0.160 e. The fourth-order valence-corrected chi connectivity index (χ4v) is 1.55. The number of ether oxygens (including phenoxy) is 2. The zero-order chi connectivity index (χ0) is 13.8. The maximum atomic E-state index is 9.55. The third-order valence-corrected chi connectivity index (χ3v) is 3.09. The van der Waals surface area contributed by atoms with Crippen LogP contribution in [0.15, 0.2) is 18.2 Å². The van der Waals surface area contributed by atoms with Crippen molar-refractivity contribution in [2.45, 2.75) is 32.4 Å². The lowest BCUT2D eigenvalue weighted by atomic mass is 10.1. The Morgan fingerprint density at radius 3 is 2.56 bits per heavy atom. The van der Waals surface area contributed by atoms with Crippen molar-refractivity contribution in [1.29, 1.82) is 0 Å². The van der Waals surface area contributed by atoms with E-state index in [0.29, 0.717) is 5.75 Å². The summed E-state index contributed by atoms with van der Waals surface area (Å²) in [5.41, 5.74) is 0.867. The molecule has 0 aliphatic heterocycles. The van der Waals surface area contributed by atoms with E-state index >= 15 is 0 Å². The van der Waals surface area contributed by atoms with Crippen molar-refractivity contribution in [2.75, 3.05) is 20.8 Å². The zero-order valence-corrected chi connectivity index (χ0v) is 11.8. The fraction of sp³-hybridized carbons (Fsp3) is 0.571. The van der Waals surface area contributed by atoms with Gasteiger partial charge in [-0.05, 0) is 38.5 Å². The first-order valence-corrected chi connectivity index (χ1v) is 6.05. The summed E-state index contributed by atoms with van der Waals surface area (Å²) >= 11 is 0. The van der Waals surface area contributed by atoms with E-state index in [1.165, 1.54) is 0 Å². The first-order chi connectivity index (χ1) is 8.39. The predicted molar refractivity (Wildman–Crippen MR) is 72.2 cm³/mol. The van der Waals surface area contributed by atoms with Gasteiger partial charge in [0.15, 0.2) is 11.5 Å². The molecule has 0 amide bonds. The summed E-state index contributed by atoms with van der Waals surface area (Å²) in [5, 5.41) is 12.9. The SMILES string of the molecule is COc1cc(C(C)NCC(C)(C)OC)ccc1O. The van der Waals surface area contributed by atoms with Crippen molar-refractivity contribution >= 4 is 0 Å². The van der Waals surface area contributed by atoms with Gasteiger partial charge in [-0.2, -0.15) is 0 Å². The molecule has 0 aromatic heterocycles. The van der Waals surface area contributed by atoms with Crippen LogP contribution in [0.4, 0.5) is 0 Å². The van der Waals surface area contributed by atoms with Crippen LogP contribution in [0.1, 0.15) is 32.4 Å². The first-order valence-electron chi connectivity index (χ1n) is 6.05. The number of methoxy groups -OCH3 is 2. The van der Waals surface area contributed by atoms with Gasteiger partial charge in [-0.3, -0.25) is 0 Å². The molecule has 0 fully saturated rings. The monoisotopic (exact) mass is 253 g/mol. The first kappa shape index (κ1) is 14.8. The molecule has 102 valence electrons. The van der Waals surface area contributed by atoms with Gasteiger partial charge in [0.25, 0.3) is 0 Å². The van der Waals surface area contributed by atoms with Crippen LogP contribution in [-0.2, 0) is 4.74 Å². The van der Waals surface area contributed by atoms with E-state index in [4.69, 9.17) is 9.47 Å². The number of hydrogen-bond donors (Lipinski definition) is 2. The van der Waals surface area contributed by atoms with E-state index in [1.54, 1.807) is 20.3 Å². The molecule has 2 N–H and O–H groups in total. The number of aromatic hydroxyl groups is 1. The number of phenols is 1. The number of rotatable bonds is 6. The van der Waals surface area contributed by atoms with Gasteiger partial charge in [0.1, 0.15) is 0 Å². The molecule has 4 heteroatoms. The normalized spacial score (nSPS) is 13.4. The highest BCUT2D eigenvalue weighted by Crippen LogP contribution is 2.28. The molecule has 0 heterocycles. The van der Waals surface area contributed by atoms with E-state index in [2.05, 4.69) is 12.2 Å². The average Bonchev–Trinajstić information content (AvgIpc) is 2.36. The fourth-order valence-electron chi connectivity index (χ4n) is 1.55. The molecular formula is C14H23NO3. The van der Waals surface area contributed by atoms with E-state index in [-0.39, 0.29) is 17.4 Å². The standard InChI is InChI=1S/C14H23NO3/c1-10(15-9-14(2,3)18-5)11-6-7-12(16)13(8-11)17-4/h6-8,10,15-16H,9H2,1-5H3. The molecule has 0 bridgehead atoms. The van der Waals surface area contributed by atoms with E-state index < -0.39 is 0 Å². The van der Waals surface area contributed by atoms with Gasteiger partial charge in [0, 0.05) is 19.7 Å². The van der Waals surface area contributed by atoms with Crippen molar-refractivity contribution in [3.8, 4) is 11.5 Å². The smallest absolute Gasteiger partial charge is 0.160 e. The molecule has 0 aliphatic rings. The minimum atomic E-state index is -0.199. The highest BCUT2D eigenvalue weighted by atomic mass is 16.5. The number of nitrogens with one attached hydrogen (secondary N) is 1. The second kappa shape index (κ2) is 6.07. The maximum absolute atomic E-state index is 9.55. The Labute approximate surface area is 109 Å². The lowest BCUT2D eigenvalue weighted by Crippen LogP contribution is -2.37. The second-order valence-corrected chi connectivity index (χ2v) is 5.00. The average molecular weight is 253 g/mol. The third kappa shape index (κ3) is 3.89. The van der Waals surface area contributed by atoms with Crippen molar-refractivity contribution < 1.29 is 14.6 Å². The minimum absolute atomic E-state index is 0.158. The second-order valence-electron chi connectivity index (χ2n) is 5.00. The van der Waals surface area contributed by atoms with E-state index in [1.807, 2.05) is 26.0 Å². The lowest BCUT2D eigenvalue weighted by Gasteiger charge is -2.26. The van der Waals surface area contributed by atoms with Crippen molar-refractivity contribution in [3.05, 3.63) is 23.8 Å². The van der Waals surface area contributed by atoms with Crippen LogP contribution in [-0.4, -0.2) is 31.5 Å². The van der Waals surface area contributed by atoms with E-state index in [0.717, 1.165) is 12.1 Å². The predicted octanol–water partition coefficient (Wildman–Crippen LogP) is 2.48. The molecule has 0 aliphatic carbocycles. The molecule has 1 unspecified atom stereocenters. The summed E-state index contributed by atoms with van der Waals surface area (Å²) in [6.45, 7) is 6.87. The van der Waals surface area contributed by atoms with Gasteiger partial charge in [-0.1, -0.05) is 6.07 Å². The molecule has 0 spiro atoms. The Morgan fingerprint density at radius 2 is 2.00 bits per heavy atom. The number of benzene rings is 1. The third-order valence-electron chi connectivity index (χ3n) is 3.09. The summed E-state index contributed by atoms with van der Waals surface area (Å²) in [6.07, 6.45) is 0. The Morgan fingerprint density at radius 1 is 1.33 bits per heavy atom. The van der Waals surface area contributed by atoms with Gasteiger partial charge in [0.05, 0.1) is 12.7 Å². The molecule has 18 heavy (non-hydrogen) atoms. The molecular weight excluding hydrogens is 230 g/mol. The lowest BCUT2D eigenvalue weighted by molar-refractivity contribution is 0.0214. The quantitative estimate of drug-likeness (QED) is 0.817. The van der Waals surface area contributed by atoms with Gasteiger partial charge < -0.3 is 19.9 Å². The van der Waals surface area contributed by atoms with Crippen LogP contribution >= 0.6 is 0 Å². The minimum Gasteiger partial charge on any atom is -0.504 e. The zero-order valence-electron chi connectivity index (χ0n) is 11.8. The Hall–Kier alpha value is -1.26. The summed E-state index contributed by atoms with van der Waals surface area (Å²) in [4.78, 5) is 0. The Bertz CT molecular complexity index is 391. The Kier molecular flexibility index (Phi) is 4.99. The molecule has 1 atom stereocenters. The topological polar surface area (TPSA) is 50.7 Å². The molecule has 1 aromatic carbocycles. The summed E-state index contributed by atoms with van der Waals surface area (Å²) in [7, 11) is 3.25. The number of hydrogen-bond acceptors (Lipinski definition) is 4. The van der Waals surface area contributed by atoms with Crippen molar-refractivity contribution in [3.63, 3.8) is 0 Å². The van der Waals surface area contributed by atoms with Crippen LogP contribution in [0.2, 0.25) is 0 Å². The highest BCUT2D eigenvalue weighted by molar-refractivity contribution is 5.42. The van der Waals surface area contributed by atoms with Crippen LogP contribution in [0.3, 0.4) is 0 Å². The largest absolute Gasteiger partial charge is 0.504 e. The van der Waals surface area contributed by atoms with E-state index in [9.17, 15) is 5.11 Å². The molecule has 0 saturated carbocycles. The molecule has 0 saturated heterocycles. The van der Waals surface area contributed by atoms with Gasteiger partial charge in [0.2, 0.25) is 0 Å². The van der Waals surface area contributed by atoms with Crippen LogP contribution in [0, 0.1) is 0 Å².